The van der Waals surface area contributed by atoms with E-state index in [2.05, 4.69) is 36.0 Å². The van der Waals surface area contributed by atoms with Gasteiger partial charge in [0.25, 0.3) is 11.6 Å². The number of amides is 1. The Bertz CT molecular complexity index is 1720. The molecule has 48 heavy (non-hydrogen) atoms. The van der Waals surface area contributed by atoms with Gasteiger partial charge in [-0.05, 0) is 25.0 Å². The zero-order valence-corrected chi connectivity index (χ0v) is 25.9. The molecule has 3 aromatic rings. The van der Waals surface area contributed by atoms with Crippen LogP contribution in [0.3, 0.4) is 0 Å². The van der Waals surface area contributed by atoms with Gasteiger partial charge in [-0.2, -0.15) is 15.4 Å². The highest BCUT2D eigenvalue weighted by Crippen LogP contribution is 2.37. The SMILES string of the molecule is CC(=O)OC[C@H]1O[C@@H](n2cnc3c(NC4CCCC4)nc(/N=N/NC(=O)Oc4ccc([N+](=O)[O-])cc4)nc32)[C@H](OC(C)=O)[C@@H]1OC(C)=O. The molecule has 5 rings (SSSR count). The summed E-state index contributed by atoms with van der Waals surface area (Å²) in [5.74, 6) is -1.86. The number of nitro benzene ring substituents is 1. The van der Waals surface area contributed by atoms with Crippen molar-refractivity contribution in [2.75, 3.05) is 11.9 Å². The van der Waals surface area contributed by atoms with Crippen molar-refractivity contribution < 1.29 is 47.8 Å². The Balaban J connectivity index is 1.45. The molecular weight excluding hydrogens is 638 g/mol. The minimum Gasteiger partial charge on any atom is -0.463 e. The minimum atomic E-state index is -1.20. The predicted octanol–water partition coefficient (Wildman–Crippen LogP) is 3.20. The predicted molar refractivity (Wildman–Crippen MR) is 160 cm³/mol. The highest BCUT2D eigenvalue weighted by atomic mass is 16.7. The van der Waals surface area contributed by atoms with Crippen molar-refractivity contribution in [1.29, 1.82) is 0 Å². The first kappa shape index (κ1) is 33.6. The first-order valence-corrected chi connectivity index (χ1v) is 14.8. The molecule has 2 fully saturated rings. The number of hydrogen-bond acceptors (Lipinski definition) is 17. The Morgan fingerprint density at radius 3 is 2.35 bits per heavy atom. The number of esters is 3. The Morgan fingerprint density at radius 2 is 1.71 bits per heavy atom. The number of ether oxygens (including phenoxy) is 5. The lowest BCUT2D eigenvalue weighted by atomic mass is 10.1. The topological polar surface area (TPSA) is 250 Å². The largest absolute Gasteiger partial charge is 0.463 e. The number of anilines is 1. The third-order valence-electron chi connectivity index (χ3n) is 7.26. The van der Waals surface area contributed by atoms with Crippen molar-refractivity contribution in [3.63, 3.8) is 0 Å². The quantitative estimate of drug-likeness (QED) is 0.0977. The molecule has 3 heterocycles. The van der Waals surface area contributed by atoms with Crippen LogP contribution in [-0.2, 0) is 33.3 Å². The highest BCUT2D eigenvalue weighted by Gasteiger charge is 2.51. The van der Waals surface area contributed by atoms with Gasteiger partial charge in [0.1, 0.15) is 18.5 Å². The fourth-order valence-electron chi connectivity index (χ4n) is 5.29. The van der Waals surface area contributed by atoms with Gasteiger partial charge >= 0.3 is 24.0 Å². The number of nitrogens with one attached hydrogen (secondary N) is 2. The third-order valence-corrected chi connectivity index (χ3v) is 7.26. The lowest BCUT2D eigenvalue weighted by Gasteiger charge is -2.23. The van der Waals surface area contributed by atoms with Crippen molar-refractivity contribution in [1.82, 2.24) is 24.9 Å². The molecule has 0 bridgehead atoms. The third kappa shape index (κ3) is 8.13. The molecule has 0 radical (unpaired) electrons. The van der Waals surface area contributed by atoms with E-state index in [9.17, 15) is 29.3 Å². The molecule has 4 atom stereocenters. The summed E-state index contributed by atoms with van der Waals surface area (Å²) in [5.41, 5.74) is 2.36. The molecule has 1 saturated carbocycles. The Kier molecular flexibility index (Phi) is 10.3. The number of carbonyl (C=O) groups excluding carboxylic acids is 4. The molecule has 20 heteroatoms. The summed E-state index contributed by atoms with van der Waals surface area (Å²) >= 11 is 0. The summed E-state index contributed by atoms with van der Waals surface area (Å²) in [6.45, 7) is 3.25. The maximum Gasteiger partial charge on any atom is 0.434 e. The van der Waals surface area contributed by atoms with Gasteiger partial charge in [0.15, 0.2) is 35.4 Å². The smallest absolute Gasteiger partial charge is 0.434 e. The van der Waals surface area contributed by atoms with E-state index in [1.165, 1.54) is 55.9 Å². The van der Waals surface area contributed by atoms with Crippen LogP contribution in [0.4, 0.5) is 22.2 Å². The Hall–Kier alpha value is -5.79. The molecule has 254 valence electrons. The summed E-state index contributed by atoms with van der Waals surface area (Å²) in [7, 11) is 0. The van der Waals surface area contributed by atoms with Gasteiger partial charge in [-0.15, -0.1) is 0 Å². The highest BCUT2D eigenvalue weighted by molar-refractivity contribution is 5.84. The van der Waals surface area contributed by atoms with Gasteiger partial charge in [0.2, 0.25) is 0 Å². The molecule has 2 N–H and O–H groups in total. The van der Waals surface area contributed by atoms with Gasteiger partial charge in [-0.25, -0.2) is 9.78 Å². The van der Waals surface area contributed by atoms with Crippen molar-refractivity contribution in [3.05, 3.63) is 40.7 Å². The first-order chi connectivity index (χ1) is 23.0. The van der Waals surface area contributed by atoms with Gasteiger partial charge in [-0.3, -0.25) is 29.1 Å². The van der Waals surface area contributed by atoms with Crippen LogP contribution in [0.25, 0.3) is 11.2 Å². The van der Waals surface area contributed by atoms with Crippen LogP contribution in [0, 0.1) is 10.1 Å². The van der Waals surface area contributed by atoms with E-state index < -0.39 is 53.5 Å². The number of imidazole rings is 1. The van der Waals surface area contributed by atoms with E-state index >= 15 is 0 Å². The van der Waals surface area contributed by atoms with E-state index in [0.717, 1.165) is 25.7 Å². The lowest BCUT2D eigenvalue weighted by molar-refractivity contribution is -0.384. The number of rotatable bonds is 11. The number of non-ortho nitro benzene ring substituents is 1. The molecule has 1 aliphatic heterocycles. The number of nitro groups is 1. The summed E-state index contributed by atoms with van der Waals surface area (Å²) < 4.78 is 28.7. The molecule has 20 nitrogen and oxygen atoms in total. The number of nitrogens with zero attached hydrogens (tertiary/aromatic N) is 7. The number of benzene rings is 1. The summed E-state index contributed by atoms with van der Waals surface area (Å²) in [6, 6.07) is 4.91. The zero-order chi connectivity index (χ0) is 34.4. The van der Waals surface area contributed by atoms with Crippen LogP contribution in [0.2, 0.25) is 0 Å². The molecule has 0 spiro atoms. The van der Waals surface area contributed by atoms with Gasteiger partial charge < -0.3 is 29.0 Å². The van der Waals surface area contributed by atoms with Crippen molar-refractivity contribution >= 4 is 52.6 Å². The monoisotopic (exact) mass is 669 g/mol. The second-order valence-electron chi connectivity index (χ2n) is 10.8. The fraction of sp³-hybridized carbons (Fsp3) is 0.464. The zero-order valence-electron chi connectivity index (χ0n) is 25.9. The first-order valence-electron chi connectivity index (χ1n) is 14.8. The van der Waals surface area contributed by atoms with Gasteiger partial charge in [0.05, 0.1) is 11.3 Å². The second kappa shape index (κ2) is 14.8. The van der Waals surface area contributed by atoms with Crippen molar-refractivity contribution in [2.45, 2.75) is 77.0 Å². The second-order valence-corrected chi connectivity index (χ2v) is 10.8. The maximum absolute atomic E-state index is 12.3. The van der Waals surface area contributed by atoms with Crippen molar-refractivity contribution in [3.8, 4) is 5.75 Å². The Morgan fingerprint density at radius 1 is 1.02 bits per heavy atom. The molecule has 2 aromatic heterocycles. The molecular formula is C28H31N9O11. The summed E-state index contributed by atoms with van der Waals surface area (Å²) in [4.78, 5) is 71.6. The van der Waals surface area contributed by atoms with E-state index in [4.69, 9.17) is 23.7 Å². The normalized spacial score (nSPS) is 20.8. The van der Waals surface area contributed by atoms with Gasteiger partial charge in [0, 0.05) is 38.9 Å². The lowest BCUT2D eigenvalue weighted by Crippen LogP contribution is -2.40. The minimum absolute atomic E-state index is 0.0240. The summed E-state index contributed by atoms with van der Waals surface area (Å²) in [5, 5.41) is 21.7. The standard InChI is InChI=1S/C28H31N9O11/c1-14(38)44-12-20-22(45-15(2)39)23(46-16(3)40)26(48-20)36-13-29-21-24(30-17-6-4-5-7-17)31-27(32-25(21)36)33-35-34-28(41)47-19-10-8-18(9-11-19)37(42)43/h8-11,13,17,20,22-23,26H,4-7,12H2,1-3H3,(H2,30,31,32,33,34,41)/t20-,22-,23-,26-/m1/s1. The molecule has 1 aliphatic carbocycles. The molecule has 2 aliphatic rings. The van der Waals surface area contributed by atoms with E-state index in [-0.39, 0.29) is 35.7 Å². The van der Waals surface area contributed by atoms with Crippen LogP contribution in [-0.4, -0.2) is 79.4 Å². The van der Waals surface area contributed by atoms with Crippen molar-refractivity contribution in [2.24, 2.45) is 10.3 Å². The van der Waals surface area contributed by atoms with Crippen LogP contribution < -0.4 is 15.5 Å². The molecule has 0 unspecified atom stereocenters. The van der Waals surface area contributed by atoms with Crippen LogP contribution >= 0.6 is 0 Å². The number of carbonyl (C=O) groups is 4. The number of aromatic nitrogens is 4. The van der Waals surface area contributed by atoms with Crippen LogP contribution in [0.15, 0.2) is 40.9 Å². The van der Waals surface area contributed by atoms with Gasteiger partial charge in [-0.1, -0.05) is 23.2 Å². The molecule has 1 aromatic carbocycles. The average molecular weight is 670 g/mol. The average Bonchev–Trinajstić information content (AvgIpc) is 3.76. The van der Waals surface area contributed by atoms with Crippen LogP contribution in [0.5, 0.6) is 5.75 Å². The number of fused-ring (bicyclic) bond motifs is 1. The van der Waals surface area contributed by atoms with E-state index in [1.807, 2.05) is 0 Å². The molecule has 1 saturated heterocycles. The Labute approximate surface area is 271 Å². The van der Waals surface area contributed by atoms with Crippen LogP contribution in [0.1, 0.15) is 52.7 Å². The van der Waals surface area contributed by atoms with E-state index in [0.29, 0.717) is 11.3 Å². The number of hydrogen-bond donors (Lipinski definition) is 2. The maximum atomic E-state index is 12.3. The fourth-order valence-corrected chi connectivity index (χ4v) is 5.29. The summed E-state index contributed by atoms with van der Waals surface area (Å²) in [6.07, 6.45) is -0.373. The molecule has 1 amide bonds. The van der Waals surface area contributed by atoms with E-state index in [1.54, 1.807) is 0 Å².